The standard InChI is InChI=1S/C29H33N3O4S/c1-29(2,3)24-18-23(26(37-24)27(33)30-4)32-28(34)31-22-15-14-19(20-11-5-6-12-21(20)22)10-9-17-36-25-13-7-8-16-35-25/h5-6,11-12,14-15,18,25H,7-8,13,16-17H2,1-4H3,(H,30,33)(H2,31,32,34). The van der Waals surface area contributed by atoms with E-state index in [1.54, 1.807) is 7.05 Å². The van der Waals surface area contributed by atoms with Gasteiger partial charge in [-0.1, -0.05) is 56.9 Å². The maximum absolute atomic E-state index is 13.0. The van der Waals surface area contributed by atoms with E-state index >= 15 is 0 Å². The van der Waals surface area contributed by atoms with Crippen molar-refractivity contribution in [3.63, 3.8) is 0 Å². The molecule has 2 heterocycles. The first-order valence-corrected chi connectivity index (χ1v) is 13.3. The number of rotatable bonds is 5. The van der Waals surface area contributed by atoms with E-state index in [-0.39, 0.29) is 17.6 Å². The molecule has 0 saturated carbocycles. The van der Waals surface area contributed by atoms with Crippen LogP contribution in [0, 0.1) is 11.8 Å². The number of carbonyl (C=O) groups is 2. The normalized spacial score (nSPS) is 15.5. The Morgan fingerprint density at radius 2 is 1.84 bits per heavy atom. The maximum atomic E-state index is 13.0. The predicted octanol–water partition coefficient (Wildman–Crippen LogP) is 6.10. The van der Waals surface area contributed by atoms with Gasteiger partial charge in [0.05, 0.1) is 11.4 Å². The number of carbonyl (C=O) groups excluding carboxylic acids is 2. The van der Waals surface area contributed by atoms with Crippen LogP contribution < -0.4 is 16.0 Å². The van der Waals surface area contributed by atoms with Crippen LogP contribution in [0.15, 0.2) is 42.5 Å². The number of urea groups is 1. The smallest absolute Gasteiger partial charge is 0.323 e. The molecule has 194 valence electrons. The molecule has 3 amide bonds. The molecule has 0 radical (unpaired) electrons. The average molecular weight is 520 g/mol. The van der Waals surface area contributed by atoms with E-state index in [0.717, 1.165) is 47.1 Å². The monoisotopic (exact) mass is 519 g/mol. The fourth-order valence-corrected chi connectivity index (χ4v) is 5.15. The Kier molecular flexibility index (Phi) is 8.49. The molecule has 1 fully saturated rings. The zero-order valence-electron chi connectivity index (χ0n) is 21.7. The second kappa shape index (κ2) is 11.8. The van der Waals surface area contributed by atoms with Gasteiger partial charge >= 0.3 is 6.03 Å². The molecule has 1 aromatic heterocycles. The molecule has 1 unspecified atom stereocenters. The molecule has 7 nitrogen and oxygen atoms in total. The van der Waals surface area contributed by atoms with Gasteiger partial charge in [0.2, 0.25) is 0 Å². The van der Waals surface area contributed by atoms with Crippen molar-refractivity contribution in [2.45, 2.75) is 51.7 Å². The Morgan fingerprint density at radius 1 is 1.08 bits per heavy atom. The van der Waals surface area contributed by atoms with Crippen molar-refractivity contribution in [3.05, 3.63) is 57.8 Å². The number of ether oxygens (including phenoxy) is 2. The molecule has 0 bridgehead atoms. The molecular formula is C29H33N3O4S. The molecule has 0 aliphatic carbocycles. The van der Waals surface area contributed by atoms with Crippen LogP contribution in [0.4, 0.5) is 16.2 Å². The van der Waals surface area contributed by atoms with E-state index in [9.17, 15) is 9.59 Å². The third kappa shape index (κ3) is 6.69. The quantitative estimate of drug-likeness (QED) is 0.356. The Balaban J connectivity index is 1.50. The summed E-state index contributed by atoms with van der Waals surface area (Å²) in [6, 6.07) is 13.0. The van der Waals surface area contributed by atoms with Crippen LogP contribution >= 0.6 is 11.3 Å². The third-order valence-electron chi connectivity index (χ3n) is 6.03. The van der Waals surface area contributed by atoms with Gasteiger partial charge in [0, 0.05) is 29.5 Å². The van der Waals surface area contributed by atoms with Gasteiger partial charge in [-0.3, -0.25) is 4.79 Å². The highest BCUT2D eigenvalue weighted by molar-refractivity contribution is 7.14. The highest BCUT2D eigenvalue weighted by atomic mass is 32.1. The number of thiophene rings is 1. The van der Waals surface area contributed by atoms with Crippen LogP contribution in [0.3, 0.4) is 0 Å². The predicted molar refractivity (Wildman–Crippen MR) is 149 cm³/mol. The van der Waals surface area contributed by atoms with E-state index in [4.69, 9.17) is 9.47 Å². The van der Waals surface area contributed by atoms with E-state index in [1.807, 2.05) is 42.5 Å². The fraction of sp³-hybridized carbons (Fsp3) is 0.379. The van der Waals surface area contributed by atoms with Crippen molar-refractivity contribution >= 4 is 45.4 Å². The molecule has 1 atom stereocenters. The molecule has 37 heavy (non-hydrogen) atoms. The second-order valence-corrected chi connectivity index (χ2v) is 10.9. The van der Waals surface area contributed by atoms with Crippen molar-refractivity contribution in [2.24, 2.45) is 0 Å². The third-order valence-corrected chi connectivity index (χ3v) is 7.59. The summed E-state index contributed by atoms with van der Waals surface area (Å²) in [6.07, 6.45) is 2.93. The minimum absolute atomic E-state index is 0.147. The van der Waals surface area contributed by atoms with Crippen molar-refractivity contribution < 1.29 is 19.1 Å². The summed E-state index contributed by atoms with van der Waals surface area (Å²) in [5.41, 5.74) is 1.84. The number of benzene rings is 2. The molecular weight excluding hydrogens is 486 g/mol. The lowest BCUT2D eigenvalue weighted by Crippen LogP contribution is -2.23. The molecule has 3 N–H and O–H groups in total. The SMILES string of the molecule is CNC(=O)c1sc(C(C)(C)C)cc1NC(=O)Nc1ccc(C#CCOC2CCCCO2)c2ccccc12. The number of fused-ring (bicyclic) bond motifs is 1. The van der Waals surface area contributed by atoms with Gasteiger partial charge in [-0.2, -0.15) is 0 Å². The van der Waals surface area contributed by atoms with Crippen LogP contribution in [-0.4, -0.2) is 38.5 Å². The molecule has 4 rings (SSSR count). The van der Waals surface area contributed by atoms with Crippen molar-refractivity contribution in [1.29, 1.82) is 0 Å². The Labute approximate surface area is 221 Å². The summed E-state index contributed by atoms with van der Waals surface area (Å²) in [6.45, 7) is 7.25. The van der Waals surface area contributed by atoms with Gasteiger partial charge in [-0.25, -0.2) is 4.79 Å². The highest BCUT2D eigenvalue weighted by Gasteiger charge is 2.23. The van der Waals surface area contributed by atoms with Crippen LogP contribution in [0.2, 0.25) is 0 Å². The number of amides is 3. The van der Waals surface area contributed by atoms with Crippen molar-refractivity contribution in [3.8, 4) is 11.8 Å². The van der Waals surface area contributed by atoms with Gasteiger partial charge in [0.25, 0.3) is 5.91 Å². The highest BCUT2D eigenvalue weighted by Crippen LogP contribution is 2.35. The van der Waals surface area contributed by atoms with Gasteiger partial charge in [-0.15, -0.1) is 11.3 Å². The molecule has 1 aliphatic rings. The van der Waals surface area contributed by atoms with Crippen LogP contribution in [0.5, 0.6) is 0 Å². The van der Waals surface area contributed by atoms with Crippen LogP contribution in [-0.2, 0) is 14.9 Å². The molecule has 0 spiro atoms. The summed E-state index contributed by atoms with van der Waals surface area (Å²) < 4.78 is 11.3. The summed E-state index contributed by atoms with van der Waals surface area (Å²) in [5.74, 6) is 6.04. The van der Waals surface area contributed by atoms with Crippen molar-refractivity contribution in [2.75, 3.05) is 30.9 Å². The first kappa shape index (κ1) is 26.7. The summed E-state index contributed by atoms with van der Waals surface area (Å²) in [5, 5.41) is 10.2. The lowest BCUT2D eigenvalue weighted by Gasteiger charge is -2.21. The van der Waals surface area contributed by atoms with Gasteiger partial charge in [0.15, 0.2) is 6.29 Å². The van der Waals surface area contributed by atoms with Gasteiger partial charge in [0.1, 0.15) is 11.5 Å². The first-order valence-electron chi connectivity index (χ1n) is 12.4. The lowest BCUT2D eigenvalue weighted by atomic mass is 9.94. The second-order valence-electron chi connectivity index (χ2n) is 9.88. The number of nitrogens with one attached hydrogen (secondary N) is 3. The summed E-state index contributed by atoms with van der Waals surface area (Å²) in [4.78, 5) is 26.9. The molecule has 1 saturated heterocycles. The number of anilines is 2. The zero-order valence-corrected chi connectivity index (χ0v) is 22.5. The Morgan fingerprint density at radius 3 is 2.54 bits per heavy atom. The van der Waals surface area contributed by atoms with Crippen LogP contribution in [0.1, 0.15) is 60.1 Å². The Hall–Kier alpha value is -3.38. The van der Waals surface area contributed by atoms with Crippen LogP contribution in [0.25, 0.3) is 10.8 Å². The van der Waals surface area contributed by atoms with Gasteiger partial charge in [-0.05, 0) is 48.3 Å². The lowest BCUT2D eigenvalue weighted by molar-refractivity contribution is -0.154. The topological polar surface area (TPSA) is 88.7 Å². The Bertz CT molecular complexity index is 1340. The average Bonchev–Trinajstić information content (AvgIpc) is 3.32. The zero-order chi connectivity index (χ0) is 26.4. The fourth-order valence-electron chi connectivity index (χ4n) is 4.04. The minimum atomic E-state index is -0.423. The van der Waals surface area contributed by atoms with E-state index in [2.05, 4.69) is 48.6 Å². The molecule has 8 heteroatoms. The summed E-state index contributed by atoms with van der Waals surface area (Å²) in [7, 11) is 1.58. The van der Waals surface area contributed by atoms with E-state index in [1.165, 1.54) is 11.3 Å². The first-order chi connectivity index (χ1) is 17.8. The van der Waals surface area contributed by atoms with E-state index < -0.39 is 6.03 Å². The van der Waals surface area contributed by atoms with Crippen molar-refractivity contribution in [1.82, 2.24) is 5.32 Å². The number of hydrogen-bond donors (Lipinski definition) is 3. The number of hydrogen-bond acceptors (Lipinski definition) is 5. The van der Waals surface area contributed by atoms with Gasteiger partial charge < -0.3 is 25.4 Å². The minimum Gasteiger partial charge on any atom is -0.354 e. The molecule has 1 aliphatic heterocycles. The summed E-state index contributed by atoms with van der Waals surface area (Å²) >= 11 is 1.38. The van der Waals surface area contributed by atoms with E-state index in [0.29, 0.717) is 22.9 Å². The molecule has 2 aromatic carbocycles. The molecule has 3 aromatic rings. The maximum Gasteiger partial charge on any atom is 0.323 e. The largest absolute Gasteiger partial charge is 0.354 e.